The first-order valence-corrected chi connectivity index (χ1v) is 7.13. The Labute approximate surface area is 115 Å². The third-order valence-electron chi connectivity index (χ3n) is 4.67. The van der Waals surface area contributed by atoms with Crippen LogP contribution in [0.1, 0.15) is 48.8 Å². The first-order chi connectivity index (χ1) is 9.05. The highest BCUT2D eigenvalue weighted by atomic mass is 16.5. The minimum atomic E-state index is 0.0636. The Kier molecular flexibility index (Phi) is 4.04. The van der Waals surface area contributed by atoms with E-state index >= 15 is 0 Å². The molecule has 0 atom stereocenters. The van der Waals surface area contributed by atoms with E-state index in [4.69, 9.17) is 10.5 Å². The molecule has 0 heterocycles. The van der Waals surface area contributed by atoms with Gasteiger partial charge in [-0.1, -0.05) is 25.3 Å². The number of nitrogens with two attached hydrogens (primary N) is 1. The van der Waals surface area contributed by atoms with E-state index in [1.165, 1.54) is 24.8 Å². The van der Waals surface area contributed by atoms with Crippen LogP contribution in [-0.4, -0.2) is 18.8 Å². The summed E-state index contributed by atoms with van der Waals surface area (Å²) < 4.78 is 5.39. The van der Waals surface area contributed by atoms with Gasteiger partial charge in [0.2, 0.25) is 0 Å². The standard InChI is InChI=1S/C16H25NO2/c1-11-9-13(12(2)15(19-3)14(11)18)16(10-17)7-5-4-6-8-16/h9,18H,4-8,10,17H2,1-3H3. The zero-order chi connectivity index (χ0) is 14.0. The molecule has 3 heteroatoms. The lowest BCUT2D eigenvalue weighted by molar-refractivity contribution is 0.296. The number of phenols is 1. The van der Waals surface area contributed by atoms with Gasteiger partial charge in [-0.15, -0.1) is 0 Å². The van der Waals surface area contributed by atoms with E-state index in [1.807, 2.05) is 13.8 Å². The molecule has 106 valence electrons. The molecule has 0 bridgehead atoms. The quantitative estimate of drug-likeness (QED) is 0.880. The van der Waals surface area contributed by atoms with E-state index in [1.54, 1.807) is 7.11 Å². The van der Waals surface area contributed by atoms with Gasteiger partial charge in [-0.05, 0) is 43.4 Å². The monoisotopic (exact) mass is 263 g/mol. The van der Waals surface area contributed by atoms with Crippen molar-refractivity contribution in [3.05, 3.63) is 22.8 Å². The van der Waals surface area contributed by atoms with Crippen molar-refractivity contribution in [1.29, 1.82) is 0 Å². The van der Waals surface area contributed by atoms with Gasteiger partial charge in [0, 0.05) is 12.0 Å². The largest absolute Gasteiger partial charge is 0.504 e. The van der Waals surface area contributed by atoms with Crippen LogP contribution in [0, 0.1) is 13.8 Å². The molecule has 1 aliphatic rings. The van der Waals surface area contributed by atoms with Crippen molar-refractivity contribution in [1.82, 2.24) is 0 Å². The zero-order valence-electron chi connectivity index (χ0n) is 12.3. The number of ether oxygens (including phenoxy) is 1. The van der Waals surface area contributed by atoms with Gasteiger partial charge in [0.1, 0.15) is 0 Å². The van der Waals surface area contributed by atoms with E-state index in [0.717, 1.165) is 24.0 Å². The second-order valence-electron chi connectivity index (χ2n) is 5.79. The van der Waals surface area contributed by atoms with Gasteiger partial charge in [-0.25, -0.2) is 0 Å². The average Bonchev–Trinajstić information content (AvgIpc) is 2.44. The van der Waals surface area contributed by atoms with Crippen molar-refractivity contribution in [2.45, 2.75) is 51.4 Å². The van der Waals surface area contributed by atoms with Crippen LogP contribution in [0.5, 0.6) is 11.5 Å². The van der Waals surface area contributed by atoms with E-state index in [9.17, 15) is 5.11 Å². The molecule has 0 aliphatic heterocycles. The molecule has 0 radical (unpaired) electrons. The second kappa shape index (κ2) is 5.41. The smallest absolute Gasteiger partial charge is 0.163 e. The Balaban J connectivity index is 2.57. The maximum Gasteiger partial charge on any atom is 0.163 e. The number of aryl methyl sites for hydroxylation is 1. The maximum absolute atomic E-state index is 10.1. The molecule has 0 amide bonds. The summed E-state index contributed by atoms with van der Waals surface area (Å²) in [4.78, 5) is 0. The molecule has 1 aromatic rings. The van der Waals surface area contributed by atoms with Crippen LogP contribution in [0.15, 0.2) is 6.07 Å². The molecule has 3 N–H and O–H groups in total. The lowest BCUT2D eigenvalue weighted by Crippen LogP contribution is -2.38. The summed E-state index contributed by atoms with van der Waals surface area (Å²) in [5, 5.41) is 10.1. The number of rotatable bonds is 3. The fourth-order valence-corrected chi connectivity index (χ4v) is 3.48. The van der Waals surface area contributed by atoms with Crippen molar-refractivity contribution < 1.29 is 9.84 Å². The van der Waals surface area contributed by atoms with Crippen molar-refractivity contribution in [3.63, 3.8) is 0 Å². The summed E-state index contributed by atoms with van der Waals surface area (Å²) in [6.07, 6.45) is 6.04. The topological polar surface area (TPSA) is 55.5 Å². The Morgan fingerprint density at radius 1 is 1.26 bits per heavy atom. The number of aromatic hydroxyl groups is 1. The predicted molar refractivity (Wildman–Crippen MR) is 78.0 cm³/mol. The molecule has 0 aromatic heterocycles. The van der Waals surface area contributed by atoms with Crippen molar-refractivity contribution in [2.24, 2.45) is 5.73 Å². The highest BCUT2D eigenvalue weighted by Gasteiger charge is 2.35. The SMILES string of the molecule is COc1c(C)c(C2(CN)CCCCC2)cc(C)c1O. The molecule has 0 saturated heterocycles. The van der Waals surface area contributed by atoms with Crippen LogP contribution in [0.2, 0.25) is 0 Å². The molecule has 1 fully saturated rings. The molecule has 1 aromatic carbocycles. The minimum Gasteiger partial charge on any atom is -0.504 e. The van der Waals surface area contributed by atoms with Gasteiger partial charge < -0.3 is 15.6 Å². The summed E-state index contributed by atoms with van der Waals surface area (Å²) in [5.74, 6) is 0.861. The van der Waals surface area contributed by atoms with Crippen LogP contribution < -0.4 is 10.5 Å². The summed E-state index contributed by atoms with van der Waals surface area (Å²) in [7, 11) is 1.61. The molecule has 19 heavy (non-hydrogen) atoms. The van der Waals surface area contributed by atoms with Gasteiger partial charge >= 0.3 is 0 Å². The van der Waals surface area contributed by atoms with E-state index in [0.29, 0.717) is 12.3 Å². The van der Waals surface area contributed by atoms with Gasteiger partial charge in [0.05, 0.1) is 7.11 Å². The fourth-order valence-electron chi connectivity index (χ4n) is 3.48. The molecular weight excluding hydrogens is 238 g/mol. The molecule has 2 rings (SSSR count). The van der Waals surface area contributed by atoms with E-state index in [2.05, 4.69) is 6.07 Å². The van der Waals surface area contributed by atoms with Crippen LogP contribution in [0.3, 0.4) is 0 Å². The predicted octanol–water partition coefficient (Wildman–Crippen LogP) is 3.18. The van der Waals surface area contributed by atoms with Gasteiger partial charge in [-0.2, -0.15) is 0 Å². The Hall–Kier alpha value is -1.22. The second-order valence-corrected chi connectivity index (χ2v) is 5.79. The molecule has 3 nitrogen and oxygen atoms in total. The maximum atomic E-state index is 10.1. The average molecular weight is 263 g/mol. The lowest BCUT2D eigenvalue weighted by Gasteiger charge is -2.38. The summed E-state index contributed by atoms with van der Waals surface area (Å²) in [6, 6.07) is 2.10. The Bertz CT molecular complexity index is 462. The van der Waals surface area contributed by atoms with E-state index < -0.39 is 0 Å². The van der Waals surface area contributed by atoms with Crippen molar-refractivity contribution in [2.75, 3.05) is 13.7 Å². The first kappa shape index (κ1) is 14.2. The van der Waals surface area contributed by atoms with Crippen LogP contribution in [-0.2, 0) is 5.41 Å². The number of methoxy groups -OCH3 is 1. The van der Waals surface area contributed by atoms with Gasteiger partial charge in [0.25, 0.3) is 0 Å². The number of phenolic OH excluding ortho intramolecular Hbond substituents is 1. The molecule has 0 unspecified atom stereocenters. The van der Waals surface area contributed by atoms with Crippen LogP contribution in [0.25, 0.3) is 0 Å². The van der Waals surface area contributed by atoms with Gasteiger partial charge in [0.15, 0.2) is 11.5 Å². The third kappa shape index (κ3) is 2.32. The van der Waals surface area contributed by atoms with Gasteiger partial charge in [-0.3, -0.25) is 0 Å². The third-order valence-corrected chi connectivity index (χ3v) is 4.67. The normalized spacial score (nSPS) is 18.3. The molecule has 0 spiro atoms. The van der Waals surface area contributed by atoms with Crippen LogP contribution >= 0.6 is 0 Å². The van der Waals surface area contributed by atoms with E-state index in [-0.39, 0.29) is 11.2 Å². The molecule has 1 aliphatic carbocycles. The number of hydrogen-bond donors (Lipinski definition) is 2. The summed E-state index contributed by atoms with van der Waals surface area (Å²) >= 11 is 0. The van der Waals surface area contributed by atoms with Crippen molar-refractivity contribution in [3.8, 4) is 11.5 Å². The minimum absolute atomic E-state index is 0.0636. The molecular formula is C16H25NO2. The Morgan fingerprint density at radius 3 is 2.42 bits per heavy atom. The highest BCUT2D eigenvalue weighted by Crippen LogP contribution is 2.45. The van der Waals surface area contributed by atoms with Crippen molar-refractivity contribution >= 4 is 0 Å². The fraction of sp³-hybridized carbons (Fsp3) is 0.625. The number of benzene rings is 1. The summed E-state index contributed by atoms with van der Waals surface area (Å²) in [6.45, 7) is 4.62. The first-order valence-electron chi connectivity index (χ1n) is 7.13. The van der Waals surface area contributed by atoms with Crippen LogP contribution in [0.4, 0.5) is 0 Å². The Morgan fingerprint density at radius 2 is 1.89 bits per heavy atom. The molecule has 1 saturated carbocycles. The lowest BCUT2D eigenvalue weighted by atomic mass is 9.68. The zero-order valence-corrected chi connectivity index (χ0v) is 12.3. The summed E-state index contributed by atoms with van der Waals surface area (Å²) in [5.41, 5.74) is 9.36. The highest BCUT2D eigenvalue weighted by molar-refractivity contribution is 5.56. The number of hydrogen-bond acceptors (Lipinski definition) is 3.